The highest BCUT2D eigenvalue weighted by molar-refractivity contribution is 7.17. The minimum Gasteiger partial charge on any atom is -0.385 e. The van der Waals surface area contributed by atoms with Crippen LogP contribution < -0.4 is 5.32 Å². The van der Waals surface area contributed by atoms with Crippen LogP contribution in [0, 0.1) is 0 Å². The van der Waals surface area contributed by atoms with Gasteiger partial charge in [-0.3, -0.25) is 0 Å². The molecule has 1 aliphatic heterocycles. The maximum absolute atomic E-state index is 3.45. The fourth-order valence-corrected chi connectivity index (χ4v) is 2.76. The van der Waals surface area contributed by atoms with Crippen molar-refractivity contribution >= 4 is 27.1 Å². The average Bonchev–Trinajstić information content (AvgIpc) is 2.61. The molecule has 0 atom stereocenters. The van der Waals surface area contributed by atoms with Crippen molar-refractivity contribution in [2.45, 2.75) is 12.8 Å². The number of hydrogen-bond acceptors (Lipinski definition) is 2. The molecule has 0 amide bonds. The first kappa shape index (κ1) is 7.39. The molecule has 13 heavy (non-hydrogen) atoms. The van der Waals surface area contributed by atoms with Crippen LogP contribution in [0.4, 0.5) is 5.69 Å². The van der Waals surface area contributed by atoms with Crippen LogP contribution in [0.3, 0.4) is 0 Å². The number of aryl methyl sites for hydroxylation is 1. The van der Waals surface area contributed by atoms with Crippen molar-refractivity contribution in [3.8, 4) is 0 Å². The first-order valence-corrected chi connectivity index (χ1v) is 5.55. The van der Waals surface area contributed by atoms with Crippen molar-refractivity contribution in [2.24, 2.45) is 0 Å². The quantitative estimate of drug-likeness (QED) is 0.670. The zero-order valence-electron chi connectivity index (χ0n) is 7.34. The van der Waals surface area contributed by atoms with Crippen molar-refractivity contribution in [3.63, 3.8) is 0 Å². The lowest BCUT2D eigenvalue weighted by Gasteiger charge is -2.17. The van der Waals surface area contributed by atoms with Gasteiger partial charge in [0.2, 0.25) is 0 Å². The molecule has 2 aromatic rings. The van der Waals surface area contributed by atoms with E-state index in [1.807, 2.05) is 11.3 Å². The average molecular weight is 189 g/mol. The van der Waals surface area contributed by atoms with Gasteiger partial charge in [-0.25, -0.2) is 0 Å². The first-order chi connectivity index (χ1) is 6.43. The van der Waals surface area contributed by atoms with E-state index in [4.69, 9.17) is 0 Å². The largest absolute Gasteiger partial charge is 0.385 e. The molecule has 2 heterocycles. The number of benzene rings is 1. The van der Waals surface area contributed by atoms with Gasteiger partial charge in [-0.15, -0.1) is 11.3 Å². The maximum atomic E-state index is 3.45. The van der Waals surface area contributed by atoms with E-state index in [0.29, 0.717) is 0 Å². The van der Waals surface area contributed by atoms with Crippen LogP contribution in [-0.4, -0.2) is 6.54 Å². The monoisotopic (exact) mass is 189 g/mol. The van der Waals surface area contributed by atoms with E-state index in [2.05, 4.69) is 28.9 Å². The lowest BCUT2D eigenvalue weighted by atomic mass is 10.0. The third-order valence-corrected chi connectivity index (χ3v) is 3.50. The second kappa shape index (κ2) is 2.74. The highest BCUT2D eigenvalue weighted by atomic mass is 32.1. The Morgan fingerprint density at radius 3 is 3.31 bits per heavy atom. The summed E-state index contributed by atoms with van der Waals surface area (Å²) in [6.45, 7) is 1.13. The Labute approximate surface area is 81.4 Å². The van der Waals surface area contributed by atoms with Crippen LogP contribution in [0.1, 0.15) is 12.0 Å². The van der Waals surface area contributed by atoms with E-state index in [1.54, 1.807) is 0 Å². The van der Waals surface area contributed by atoms with E-state index in [9.17, 15) is 0 Å². The summed E-state index contributed by atoms with van der Waals surface area (Å²) in [5.41, 5.74) is 2.83. The van der Waals surface area contributed by atoms with Crippen LogP contribution >= 0.6 is 11.3 Å². The van der Waals surface area contributed by atoms with Gasteiger partial charge in [0.15, 0.2) is 0 Å². The summed E-state index contributed by atoms with van der Waals surface area (Å²) in [5, 5.41) is 6.99. The van der Waals surface area contributed by atoms with Crippen LogP contribution in [-0.2, 0) is 6.42 Å². The predicted octanol–water partition coefficient (Wildman–Crippen LogP) is 3.26. The molecule has 0 saturated heterocycles. The summed E-state index contributed by atoms with van der Waals surface area (Å²) < 4.78 is 1.42. The summed E-state index contributed by atoms with van der Waals surface area (Å²) in [7, 11) is 0. The van der Waals surface area contributed by atoms with Gasteiger partial charge < -0.3 is 5.32 Å². The number of rotatable bonds is 0. The summed E-state index contributed by atoms with van der Waals surface area (Å²) in [4.78, 5) is 0. The van der Waals surface area contributed by atoms with Gasteiger partial charge >= 0.3 is 0 Å². The number of thiophene rings is 1. The molecular weight excluding hydrogens is 178 g/mol. The van der Waals surface area contributed by atoms with E-state index >= 15 is 0 Å². The lowest BCUT2D eigenvalue weighted by Crippen LogP contribution is -2.11. The molecule has 1 N–H and O–H groups in total. The van der Waals surface area contributed by atoms with Gasteiger partial charge in [0.05, 0.1) is 0 Å². The Balaban J connectivity index is 2.28. The van der Waals surface area contributed by atoms with Crippen LogP contribution in [0.15, 0.2) is 23.6 Å². The van der Waals surface area contributed by atoms with E-state index < -0.39 is 0 Å². The van der Waals surface area contributed by atoms with Gasteiger partial charge in [-0.2, -0.15) is 0 Å². The molecule has 0 spiro atoms. The van der Waals surface area contributed by atoms with Gasteiger partial charge in [0, 0.05) is 16.9 Å². The number of nitrogens with one attached hydrogen (secondary N) is 1. The molecule has 3 rings (SSSR count). The Kier molecular flexibility index (Phi) is 1.56. The summed E-state index contributed by atoms with van der Waals surface area (Å²) >= 11 is 1.83. The highest BCUT2D eigenvalue weighted by Crippen LogP contribution is 2.30. The Morgan fingerprint density at radius 2 is 2.31 bits per heavy atom. The van der Waals surface area contributed by atoms with Crippen LogP contribution in [0.25, 0.3) is 10.1 Å². The highest BCUT2D eigenvalue weighted by Gasteiger charge is 2.09. The fraction of sp³-hybridized carbons (Fsp3) is 0.273. The van der Waals surface area contributed by atoms with Gasteiger partial charge in [0.1, 0.15) is 0 Å². The van der Waals surface area contributed by atoms with Crippen molar-refractivity contribution in [3.05, 3.63) is 29.1 Å². The molecule has 0 radical (unpaired) electrons. The molecule has 1 aromatic heterocycles. The smallest absolute Gasteiger partial charge is 0.0379 e. The second-order valence-electron chi connectivity index (χ2n) is 3.50. The minimum absolute atomic E-state index is 1.13. The van der Waals surface area contributed by atoms with Crippen molar-refractivity contribution in [2.75, 3.05) is 11.9 Å². The molecule has 0 aliphatic carbocycles. The Morgan fingerprint density at radius 1 is 1.31 bits per heavy atom. The maximum Gasteiger partial charge on any atom is 0.0379 e. The van der Waals surface area contributed by atoms with E-state index in [1.165, 1.54) is 34.2 Å². The van der Waals surface area contributed by atoms with Gasteiger partial charge in [-0.05, 0) is 47.4 Å². The predicted molar refractivity (Wildman–Crippen MR) is 58.6 cm³/mol. The zero-order chi connectivity index (χ0) is 8.67. The third-order valence-electron chi connectivity index (χ3n) is 2.62. The molecule has 0 bridgehead atoms. The van der Waals surface area contributed by atoms with Crippen molar-refractivity contribution < 1.29 is 0 Å². The molecule has 2 heteroatoms. The topological polar surface area (TPSA) is 12.0 Å². The normalized spacial score (nSPS) is 15.4. The number of fused-ring (bicyclic) bond motifs is 2. The summed E-state index contributed by atoms with van der Waals surface area (Å²) in [5.74, 6) is 0. The van der Waals surface area contributed by atoms with Crippen molar-refractivity contribution in [1.82, 2.24) is 0 Å². The molecule has 1 aromatic carbocycles. The first-order valence-electron chi connectivity index (χ1n) is 4.67. The van der Waals surface area contributed by atoms with Crippen LogP contribution in [0.2, 0.25) is 0 Å². The minimum atomic E-state index is 1.13. The molecule has 0 unspecified atom stereocenters. The van der Waals surface area contributed by atoms with E-state index in [0.717, 1.165) is 6.54 Å². The molecule has 66 valence electrons. The SMILES string of the molecule is c1cc2cc3c(cc2s1)CCCN3. The molecule has 1 aliphatic rings. The number of anilines is 1. The summed E-state index contributed by atoms with van der Waals surface area (Å²) in [6.07, 6.45) is 2.50. The molecular formula is C11H11NS. The molecule has 0 saturated carbocycles. The Bertz CT molecular complexity index is 404. The van der Waals surface area contributed by atoms with Gasteiger partial charge in [0.25, 0.3) is 0 Å². The standard InChI is InChI=1S/C11H11NS/c1-2-8-7-11-9(3-5-13-11)6-10(8)12-4-1/h3,5-7,12H,1-2,4H2. The van der Waals surface area contributed by atoms with E-state index in [-0.39, 0.29) is 0 Å². The van der Waals surface area contributed by atoms with Crippen LogP contribution in [0.5, 0.6) is 0 Å². The fourth-order valence-electron chi connectivity index (χ4n) is 1.92. The molecule has 1 nitrogen and oxygen atoms in total. The molecule has 0 fully saturated rings. The zero-order valence-corrected chi connectivity index (χ0v) is 8.16. The van der Waals surface area contributed by atoms with Gasteiger partial charge in [-0.1, -0.05) is 0 Å². The number of hydrogen-bond donors (Lipinski definition) is 1. The Hall–Kier alpha value is -1.02. The lowest BCUT2D eigenvalue weighted by molar-refractivity contribution is 0.832. The summed E-state index contributed by atoms with van der Waals surface area (Å²) in [6, 6.07) is 6.80. The third kappa shape index (κ3) is 1.13. The second-order valence-corrected chi connectivity index (χ2v) is 4.45. The van der Waals surface area contributed by atoms with Crippen molar-refractivity contribution in [1.29, 1.82) is 0 Å².